The molecule has 2 fully saturated rings. The normalized spacial score (nSPS) is 40.5. The summed E-state index contributed by atoms with van der Waals surface area (Å²) >= 11 is 0. The molecule has 0 N–H and O–H groups in total. The highest BCUT2D eigenvalue weighted by atomic mass is 16.6. The summed E-state index contributed by atoms with van der Waals surface area (Å²) < 4.78 is 5.75. The van der Waals surface area contributed by atoms with Crippen molar-refractivity contribution in [3.63, 3.8) is 0 Å². The van der Waals surface area contributed by atoms with Crippen molar-refractivity contribution in [2.75, 3.05) is 0 Å². The van der Waals surface area contributed by atoms with Gasteiger partial charge in [0.25, 0.3) is 0 Å². The maximum atomic E-state index is 12.7. The summed E-state index contributed by atoms with van der Waals surface area (Å²) in [5, 5.41) is 0. The molecule has 5 atom stereocenters. The second-order valence-corrected chi connectivity index (χ2v) is 9.82. The highest BCUT2D eigenvalue weighted by Gasteiger charge is 2.64. The van der Waals surface area contributed by atoms with E-state index in [0.717, 1.165) is 43.3 Å². The van der Waals surface area contributed by atoms with Gasteiger partial charge in [-0.2, -0.15) is 0 Å². The van der Waals surface area contributed by atoms with Gasteiger partial charge in [0.2, 0.25) is 0 Å². The number of ketones is 2. The summed E-state index contributed by atoms with van der Waals surface area (Å²) in [4.78, 5) is 36.5. The number of hydrogen-bond donors (Lipinski definition) is 0. The maximum Gasteiger partial charge on any atom is 0.303 e. The number of carbonyl (C=O) groups is 3. The summed E-state index contributed by atoms with van der Waals surface area (Å²) in [5.41, 5.74) is 0.741. The highest BCUT2D eigenvalue weighted by molar-refractivity contribution is 5.92. The molecule has 2 saturated carbocycles. The SMILES string of the molecule is C=C(C)C1=CC(=O)CC[C@]1(C)[C@H]1CC[C@@]2(C)[C@@H](CC[C@]2(OC(C)=O)C(C)=O)C1. The zero-order valence-electron chi connectivity index (χ0n) is 18.0. The Kier molecular flexibility index (Phi) is 5.23. The molecule has 0 aromatic heterocycles. The molecule has 0 unspecified atom stereocenters. The van der Waals surface area contributed by atoms with Gasteiger partial charge in [-0.05, 0) is 81.3 Å². The van der Waals surface area contributed by atoms with Crippen LogP contribution in [0.4, 0.5) is 0 Å². The van der Waals surface area contributed by atoms with Crippen molar-refractivity contribution < 1.29 is 19.1 Å². The minimum Gasteiger partial charge on any atom is -0.451 e. The minimum absolute atomic E-state index is 0.0249. The van der Waals surface area contributed by atoms with Gasteiger partial charge in [0, 0.05) is 18.8 Å². The van der Waals surface area contributed by atoms with Crippen LogP contribution in [0.15, 0.2) is 23.8 Å². The summed E-state index contributed by atoms with van der Waals surface area (Å²) in [6.07, 6.45) is 7.63. The van der Waals surface area contributed by atoms with E-state index in [2.05, 4.69) is 20.4 Å². The number of esters is 1. The van der Waals surface area contributed by atoms with E-state index in [1.54, 1.807) is 6.92 Å². The highest BCUT2D eigenvalue weighted by Crippen LogP contribution is 2.63. The summed E-state index contributed by atoms with van der Waals surface area (Å²) in [6, 6.07) is 0. The topological polar surface area (TPSA) is 60.4 Å². The molecule has 4 heteroatoms. The summed E-state index contributed by atoms with van der Waals surface area (Å²) in [7, 11) is 0. The zero-order valence-corrected chi connectivity index (χ0v) is 18.0. The lowest BCUT2D eigenvalue weighted by Gasteiger charge is -2.52. The molecule has 0 spiro atoms. The number of fused-ring (bicyclic) bond motifs is 1. The first-order valence-electron chi connectivity index (χ1n) is 10.6. The monoisotopic (exact) mass is 386 g/mol. The predicted octanol–water partition coefficient (Wildman–Crippen LogP) is 4.97. The van der Waals surface area contributed by atoms with Gasteiger partial charge in [-0.1, -0.05) is 26.0 Å². The molecule has 3 rings (SSSR count). The Morgan fingerprint density at radius 1 is 1.07 bits per heavy atom. The van der Waals surface area contributed by atoms with Crippen LogP contribution < -0.4 is 0 Å². The van der Waals surface area contributed by atoms with Crippen molar-refractivity contribution in [3.05, 3.63) is 23.8 Å². The van der Waals surface area contributed by atoms with Crippen molar-refractivity contribution in [2.45, 2.75) is 85.2 Å². The Labute approximate surface area is 168 Å². The number of rotatable bonds is 4. The van der Waals surface area contributed by atoms with E-state index in [4.69, 9.17) is 4.74 Å². The fraction of sp³-hybridized carbons (Fsp3) is 0.708. The molecule has 154 valence electrons. The molecular formula is C24H34O4. The molecule has 0 aliphatic heterocycles. The van der Waals surface area contributed by atoms with Crippen LogP contribution in [0, 0.1) is 22.7 Å². The Hall–Kier alpha value is -1.71. The molecule has 4 nitrogen and oxygen atoms in total. The average Bonchev–Trinajstić information content (AvgIpc) is 2.89. The van der Waals surface area contributed by atoms with Gasteiger partial charge < -0.3 is 4.74 Å². The van der Waals surface area contributed by atoms with Crippen LogP contribution in [0.2, 0.25) is 0 Å². The first-order valence-corrected chi connectivity index (χ1v) is 10.6. The van der Waals surface area contributed by atoms with E-state index in [9.17, 15) is 14.4 Å². The number of carbonyl (C=O) groups excluding carboxylic acids is 3. The van der Waals surface area contributed by atoms with Crippen LogP contribution in [0.25, 0.3) is 0 Å². The summed E-state index contributed by atoms with van der Waals surface area (Å²) in [5.74, 6) is 0.590. The third-order valence-electron chi connectivity index (χ3n) is 8.31. The van der Waals surface area contributed by atoms with Gasteiger partial charge >= 0.3 is 5.97 Å². The van der Waals surface area contributed by atoms with E-state index in [1.165, 1.54) is 6.92 Å². The third kappa shape index (κ3) is 3.00. The number of allylic oxidation sites excluding steroid dienone is 3. The molecule has 0 aromatic carbocycles. The van der Waals surface area contributed by atoms with Gasteiger partial charge in [0.15, 0.2) is 17.2 Å². The minimum atomic E-state index is -0.981. The molecule has 3 aliphatic carbocycles. The Bertz CT molecular complexity index is 763. The van der Waals surface area contributed by atoms with Crippen LogP contribution in [0.1, 0.15) is 79.6 Å². The van der Waals surface area contributed by atoms with E-state index in [0.29, 0.717) is 24.7 Å². The van der Waals surface area contributed by atoms with E-state index < -0.39 is 5.60 Å². The molecule has 0 heterocycles. The number of hydrogen-bond acceptors (Lipinski definition) is 4. The zero-order chi connectivity index (χ0) is 20.9. The smallest absolute Gasteiger partial charge is 0.303 e. The largest absolute Gasteiger partial charge is 0.451 e. The average molecular weight is 387 g/mol. The predicted molar refractivity (Wildman–Crippen MR) is 109 cm³/mol. The second kappa shape index (κ2) is 6.96. The lowest BCUT2D eigenvalue weighted by Crippen LogP contribution is -2.55. The van der Waals surface area contributed by atoms with Gasteiger partial charge in [-0.15, -0.1) is 0 Å². The second-order valence-electron chi connectivity index (χ2n) is 9.82. The molecule has 0 bridgehead atoms. The van der Waals surface area contributed by atoms with Crippen LogP contribution in [0.5, 0.6) is 0 Å². The molecular weight excluding hydrogens is 352 g/mol. The molecule has 0 amide bonds. The molecule has 0 aromatic rings. The van der Waals surface area contributed by atoms with Crippen LogP contribution >= 0.6 is 0 Å². The van der Waals surface area contributed by atoms with Crippen molar-refractivity contribution in [3.8, 4) is 0 Å². The third-order valence-corrected chi connectivity index (χ3v) is 8.31. The van der Waals surface area contributed by atoms with Gasteiger partial charge in [0.1, 0.15) is 0 Å². The summed E-state index contributed by atoms with van der Waals surface area (Å²) in [6.45, 7) is 13.5. The van der Waals surface area contributed by atoms with E-state index in [1.807, 2.05) is 13.0 Å². The quantitative estimate of drug-likeness (QED) is 0.640. The Balaban J connectivity index is 1.91. The van der Waals surface area contributed by atoms with Crippen LogP contribution in [-0.4, -0.2) is 23.1 Å². The van der Waals surface area contributed by atoms with Crippen molar-refractivity contribution in [1.82, 2.24) is 0 Å². The van der Waals surface area contributed by atoms with Crippen molar-refractivity contribution >= 4 is 17.5 Å². The Morgan fingerprint density at radius 3 is 2.29 bits per heavy atom. The van der Waals surface area contributed by atoms with Crippen LogP contribution in [0.3, 0.4) is 0 Å². The fourth-order valence-electron chi connectivity index (χ4n) is 6.62. The van der Waals surface area contributed by atoms with E-state index >= 15 is 0 Å². The molecule has 28 heavy (non-hydrogen) atoms. The van der Waals surface area contributed by atoms with E-state index in [-0.39, 0.29) is 28.4 Å². The van der Waals surface area contributed by atoms with Crippen molar-refractivity contribution in [1.29, 1.82) is 0 Å². The number of Topliss-reactive ketones (excluding diaryl/α,β-unsaturated/α-hetero) is 1. The van der Waals surface area contributed by atoms with Crippen molar-refractivity contribution in [2.24, 2.45) is 22.7 Å². The first kappa shape index (κ1) is 21.0. The molecule has 0 radical (unpaired) electrons. The fourth-order valence-corrected chi connectivity index (χ4v) is 6.62. The standard InChI is InChI=1S/C24H34O4/c1-15(2)21-14-20(27)9-10-22(21,5)18-7-11-23(6)19(13-18)8-12-24(23,16(3)25)28-17(4)26/h14,18-19H,1,7-13H2,2-6H3/t18-,19-,22+,23-,24-/m0/s1. The Morgan fingerprint density at radius 2 is 1.71 bits per heavy atom. The first-order chi connectivity index (χ1) is 13.0. The lowest BCUT2D eigenvalue weighted by atomic mass is 9.53. The van der Waals surface area contributed by atoms with Gasteiger partial charge in [0.05, 0.1) is 0 Å². The lowest BCUT2D eigenvalue weighted by molar-refractivity contribution is -0.183. The van der Waals surface area contributed by atoms with Gasteiger partial charge in [-0.25, -0.2) is 0 Å². The van der Waals surface area contributed by atoms with Gasteiger partial charge in [-0.3, -0.25) is 14.4 Å². The van der Waals surface area contributed by atoms with Crippen LogP contribution in [-0.2, 0) is 19.1 Å². The molecule has 0 saturated heterocycles. The maximum absolute atomic E-state index is 12.7. The molecule has 3 aliphatic rings. The number of ether oxygens (including phenoxy) is 1.